The van der Waals surface area contributed by atoms with E-state index in [0.29, 0.717) is 25.1 Å². The minimum absolute atomic E-state index is 0.196. The number of carboxylic acid groups (broad SMARTS) is 1. The van der Waals surface area contributed by atoms with Crippen LogP contribution >= 0.6 is 0 Å². The Labute approximate surface area is 104 Å². The highest BCUT2D eigenvalue weighted by Crippen LogP contribution is 2.32. The number of amides is 1. The molecule has 1 aliphatic rings. The monoisotopic (exact) mass is 249 g/mol. The van der Waals surface area contributed by atoms with E-state index in [2.05, 4.69) is 15.3 Å². The van der Waals surface area contributed by atoms with Crippen molar-refractivity contribution in [3.63, 3.8) is 0 Å². The Bertz CT molecular complexity index is 435. The van der Waals surface area contributed by atoms with E-state index >= 15 is 0 Å². The minimum atomic E-state index is -0.880. The van der Waals surface area contributed by atoms with Crippen LogP contribution in [0.2, 0.25) is 0 Å². The van der Waals surface area contributed by atoms with Gasteiger partial charge in [-0.3, -0.25) is 9.59 Å². The fourth-order valence-corrected chi connectivity index (χ4v) is 2.30. The lowest BCUT2D eigenvalue weighted by Gasteiger charge is -2.15. The molecule has 1 amide bonds. The first-order chi connectivity index (χ1) is 8.68. The second-order valence-electron chi connectivity index (χ2n) is 4.40. The fourth-order valence-electron chi connectivity index (χ4n) is 2.30. The summed E-state index contributed by atoms with van der Waals surface area (Å²) in [4.78, 5) is 30.7. The van der Waals surface area contributed by atoms with E-state index in [-0.39, 0.29) is 5.91 Å². The van der Waals surface area contributed by atoms with Crippen molar-refractivity contribution < 1.29 is 14.7 Å². The second kappa shape index (κ2) is 5.57. The highest BCUT2D eigenvalue weighted by atomic mass is 16.4. The summed E-state index contributed by atoms with van der Waals surface area (Å²) in [5, 5.41) is 11.8. The molecule has 0 spiro atoms. The van der Waals surface area contributed by atoms with Gasteiger partial charge in [0.15, 0.2) is 0 Å². The largest absolute Gasteiger partial charge is 0.481 e. The predicted molar refractivity (Wildman–Crippen MR) is 62.3 cm³/mol. The molecule has 2 rings (SSSR count). The van der Waals surface area contributed by atoms with Gasteiger partial charge in [-0.25, -0.2) is 9.97 Å². The van der Waals surface area contributed by atoms with Gasteiger partial charge in [0.25, 0.3) is 0 Å². The van der Waals surface area contributed by atoms with Gasteiger partial charge in [-0.1, -0.05) is 6.42 Å². The van der Waals surface area contributed by atoms with E-state index in [1.807, 2.05) is 0 Å². The number of carbonyl (C=O) groups excluding carboxylic acids is 1. The van der Waals surface area contributed by atoms with Crippen LogP contribution < -0.4 is 5.32 Å². The molecule has 1 aliphatic carbocycles. The standard InChI is InChI=1S/C12H15N3O3/c16-11(9-2-1-3-10(9)12(17)18)14-6-8-4-5-13-7-15-8/h4-5,7,9-10H,1-3,6H2,(H,14,16)(H,17,18). The Morgan fingerprint density at radius 1 is 1.39 bits per heavy atom. The number of rotatable bonds is 4. The van der Waals surface area contributed by atoms with Crippen molar-refractivity contribution in [2.24, 2.45) is 11.8 Å². The third kappa shape index (κ3) is 2.82. The van der Waals surface area contributed by atoms with Gasteiger partial charge in [0.2, 0.25) is 5.91 Å². The molecule has 2 N–H and O–H groups in total. The van der Waals surface area contributed by atoms with Crippen LogP contribution in [0.4, 0.5) is 0 Å². The van der Waals surface area contributed by atoms with E-state index in [4.69, 9.17) is 5.11 Å². The summed E-state index contributed by atoms with van der Waals surface area (Å²) in [7, 11) is 0. The normalized spacial score (nSPS) is 22.7. The first-order valence-electron chi connectivity index (χ1n) is 5.94. The van der Waals surface area contributed by atoms with Crippen molar-refractivity contribution >= 4 is 11.9 Å². The van der Waals surface area contributed by atoms with Gasteiger partial charge in [-0.15, -0.1) is 0 Å². The molecule has 6 nitrogen and oxygen atoms in total. The first kappa shape index (κ1) is 12.5. The summed E-state index contributed by atoms with van der Waals surface area (Å²) < 4.78 is 0. The van der Waals surface area contributed by atoms with Crippen LogP contribution in [0, 0.1) is 11.8 Å². The molecule has 1 heterocycles. The Morgan fingerprint density at radius 3 is 2.83 bits per heavy atom. The number of aromatic nitrogens is 2. The molecule has 1 fully saturated rings. The Kier molecular flexibility index (Phi) is 3.86. The zero-order chi connectivity index (χ0) is 13.0. The summed E-state index contributed by atoms with van der Waals surface area (Å²) in [5.74, 6) is -2.03. The number of carboxylic acids is 1. The van der Waals surface area contributed by atoms with Gasteiger partial charge < -0.3 is 10.4 Å². The molecular weight excluding hydrogens is 234 g/mol. The molecule has 0 radical (unpaired) electrons. The molecule has 0 saturated heterocycles. The Balaban J connectivity index is 1.90. The Hall–Kier alpha value is -1.98. The molecule has 2 atom stereocenters. The topological polar surface area (TPSA) is 92.2 Å². The second-order valence-corrected chi connectivity index (χ2v) is 4.40. The summed E-state index contributed by atoms with van der Waals surface area (Å²) in [6.07, 6.45) is 5.04. The van der Waals surface area contributed by atoms with Crippen LogP contribution in [0.1, 0.15) is 25.0 Å². The van der Waals surface area contributed by atoms with Gasteiger partial charge in [0.1, 0.15) is 6.33 Å². The minimum Gasteiger partial charge on any atom is -0.481 e. The SMILES string of the molecule is O=C(O)C1CCCC1C(=O)NCc1ccncn1. The number of nitrogens with one attached hydrogen (secondary N) is 1. The summed E-state index contributed by atoms with van der Waals surface area (Å²) in [5.41, 5.74) is 0.711. The van der Waals surface area contributed by atoms with Crippen molar-refractivity contribution in [1.29, 1.82) is 0 Å². The highest BCUT2D eigenvalue weighted by molar-refractivity contribution is 5.85. The number of aliphatic carboxylic acids is 1. The van der Waals surface area contributed by atoms with Crippen LogP contribution in [-0.2, 0) is 16.1 Å². The third-order valence-electron chi connectivity index (χ3n) is 3.26. The zero-order valence-corrected chi connectivity index (χ0v) is 9.87. The van der Waals surface area contributed by atoms with Gasteiger partial charge in [-0.05, 0) is 18.9 Å². The van der Waals surface area contributed by atoms with Crippen molar-refractivity contribution in [3.8, 4) is 0 Å². The van der Waals surface area contributed by atoms with E-state index < -0.39 is 17.8 Å². The smallest absolute Gasteiger partial charge is 0.307 e. The van der Waals surface area contributed by atoms with E-state index in [9.17, 15) is 9.59 Å². The van der Waals surface area contributed by atoms with Crippen LogP contribution in [0.15, 0.2) is 18.6 Å². The molecule has 0 aromatic carbocycles. The molecule has 18 heavy (non-hydrogen) atoms. The fraction of sp³-hybridized carbons (Fsp3) is 0.500. The molecule has 1 aromatic rings. The van der Waals surface area contributed by atoms with Gasteiger partial charge in [0.05, 0.1) is 24.1 Å². The van der Waals surface area contributed by atoms with Crippen LogP contribution in [0.5, 0.6) is 0 Å². The molecular formula is C12H15N3O3. The average Bonchev–Trinajstić information content (AvgIpc) is 2.86. The Morgan fingerprint density at radius 2 is 2.17 bits per heavy atom. The molecule has 96 valence electrons. The molecule has 1 saturated carbocycles. The maximum atomic E-state index is 11.9. The molecule has 0 aliphatic heterocycles. The average molecular weight is 249 g/mol. The van der Waals surface area contributed by atoms with E-state index in [1.165, 1.54) is 6.33 Å². The maximum absolute atomic E-state index is 11.9. The number of hydrogen-bond donors (Lipinski definition) is 2. The van der Waals surface area contributed by atoms with Crippen molar-refractivity contribution in [3.05, 3.63) is 24.3 Å². The van der Waals surface area contributed by atoms with Crippen molar-refractivity contribution in [1.82, 2.24) is 15.3 Å². The number of nitrogens with zero attached hydrogens (tertiary/aromatic N) is 2. The summed E-state index contributed by atoms with van der Waals surface area (Å²) in [6.45, 7) is 0.310. The summed E-state index contributed by atoms with van der Waals surface area (Å²) in [6, 6.07) is 1.71. The lowest BCUT2D eigenvalue weighted by atomic mass is 9.95. The van der Waals surface area contributed by atoms with Crippen LogP contribution in [-0.4, -0.2) is 27.0 Å². The van der Waals surface area contributed by atoms with Gasteiger partial charge in [0, 0.05) is 6.20 Å². The lowest BCUT2D eigenvalue weighted by molar-refractivity contribution is -0.146. The van der Waals surface area contributed by atoms with Gasteiger partial charge in [-0.2, -0.15) is 0 Å². The molecule has 1 aromatic heterocycles. The van der Waals surface area contributed by atoms with Crippen LogP contribution in [0.25, 0.3) is 0 Å². The number of hydrogen-bond acceptors (Lipinski definition) is 4. The molecule has 2 unspecified atom stereocenters. The lowest BCUT2D eigenvalue weighted by Crippen LogP contribution is -2.35. The molecule has 0 bridgehead atoms. The third-order valence-corrected chi connectivity index (χ3v) is 3.26. The van der Waals surface area contributed by atoms with Crippen molar-refractivity contribution in [2.45, 2.75) is 25.8 Å². The first-order valence-corrected chi connectivity index (χ1v) is 5.94. The van der Waals surface area contributed by atoms with E-state index in [0.717, 1.165) is 6.42 Å². The summed E-state index contributed by atoms with van der Waals surface area (Å²) >= 11 is 0. The van der Waals surface area contributed by atoms with E-state index in [1.54, 1.807) is 12.3 Å². The molecule has 6 heteroatoms. The predicted octanol–water partition coefficient (Wildman–Crippen LogP) is 0.594. The van der Waals surface area contributed by atoms with Gasteiger partial charge >= 0.3 is 5.97 Å². The quantitative estimate of drug-likeness (QED) is 0.815. The zero-order valence-electron chi connectivity index (χ0n) is 9.87. The maximum Gasteiger partial charge on any atom is 0.307 e. The number of carbonyl (C=O) groups is 2. The highest BCUT2D eigenvalue weighted by Gasteiger charge is 2.37. The van der Waals surface area contributed by atoms with Crippen LogP contribution in [0.3, 0.4) is 0 Å². The van der Waals surface area contributed by atoms with Crippen molar-refractivity contribution in [2.75, 3.05) is 0 Å².